The highest BCUT2D eigenvalue weighted by Crippen LogP contribution is 2.32. The maximum atomic E-state index is 11.5. The number of nitrogens with zero attached hydrogens (tertiary/aromatic N) is 3. The Labute approximate surface area is 133 Å². The van der Waals surface area contributed by atoms with E-state index in [1.165, 1.54) is 5.56 Å². The lowest BCUT2D eigenvalue weighted by Gasteiger charge is -2.24. The molecule has 1 atom stereocenters. The number of carbonyl (C=O) groups excluding carboxylic acids is 1. The molecule has 0 aromatic heterocycles. The summed E-state index contributed by atoms with van der Waals surface area (Å²) in [6, 6.07) is 5.99. The van der Waals surface area contributed by atoms with Gasteiger partial charge in [-0.2, -0.15) is 5.11 Å². The number of methoxy groups -OCH3 is 1. The minimum Gasteiger partial charge on any atom is -0.491 e. The number of rotatable bonds is 5. The minimum atomic E-state index is -0.760. The third-order valence-corrected chi connectivity index (χ3v) is 4.05. The maximum Gasteiger partial charge on any atom is 0.288 e. The van der Waals surface area contributed by atoms with Crippen molar-refractivity contribution in [3.63, 3.8) is 0 Å². The lowest BCUT2D eigenvalue weighted by molar-refractivity contribution is -0.117. The SMILES string of the molecule is COCCOc1ccc2c(c1)CN(C1=CN=NC(=O)C1Cl)C2. The Kier molecular flexibility index (Phi) is 4.40. The van der Waals surface area contributed by atoms with Crippen LogP contribution < -0.4 is 4.74 Å². The monoisotopic (exact) mass is 321 g/mol. The molecule has 0 fully saturated rings. The summed E-state index contributed by atoms with van der Waals surface area (Å²) in [6.45, 7) is 2.44. The molecule has 2 heterocycles. The molecule has 2 aliphatic heterocycles. The van der Waals surface area contributed by atoms with Gasteiger partial charge in [0.15, 0.2) is 5.38 Å². The van der Waals surface area contributed by atoms with Crippen molar-refractivity contribution in [2.75, 3.05) is 20.3 Å². The van der Waals surface area contributed by atoms with E-state index in [2.05, 4.69) is 10.2 Å². The molecule has 0 N–H and O–H groups in total. The van der Waals surface area contributed by atoms with Gasteiger partial charge in [-0.15, -0.1) is 16.7 Å². The van der Waals surface area contributed by atoms with E-state index < -0.39 is 11.3 Å². The van der Waals surface area contributed by atoms with E-state index in [1.54, 1.807) is 13.3 Å². The second-order valence-corrected chi connectivity index (χ2v) is 5.53. The van der Waals surface area contributed by atoms with Gasteiger partial charge in [-0.05, 0) is 23.3 Å². The second kappa shape index (κ2) is 6.46. The van der Waals surface area contributed by atoms with E-state index in [0.717, 1.165) is 11.3 Å². The largest absolute Gasteiger partial charge is 0.491 e. The van der Waals surface area contributed by atoms with Crippen molar-refractivity contribution in [3.8, 4) is 5.75 Å². The Morgan fingerprint density at radius 3 is 2.95 bits per heavy atom. The van der Waals surface area contributed by atoms with Crippen molar-refractivity contribution >= 4 is 17.5 Å². The Bertz CT molecular complexity index is 645. The fourth-order valence-electron chi connectivity index (χ4n) is 2.52. The van der Waals surface area contributed by atoms with Gasteiger partial charge in [-0.25, -0.2) is 0 Å². The highest BCUT2D eigenvalue weighted by Gasteiger charge is 2.30. The van der Waals surface area contributed by atoms with Crippen LogP contribution in [0.3, 0.4) is 0 Å². The lowest BCUT2D eigenvalue weighted by Crippen LogP contribution is -2.28. The smallest absolute Gasteiger partial charge is 0.288 e. The molecule has 22 heavy (non-hydrogen) atoms. The normalized spacial score (nSPS) is 20.1. The van der Waals surface area contributed by atoms with Crippen LogP contribution in [0.4, 0.5) is 0 Å². The molecule has 0 saturated carbocycles. The molecule has 6 nitrogen and oxygen atoms in total. The average Bonchev–Trinajstić information content (AvgIpc) is 2.93. The van der Waals surface area contributed by atoms with Crippen molar-refractivity contribution in [2.45, 2.75) is 18.5 Å². The van der Waals surface area contributed by atoms with E-state index in [-0.39, 0.29) is 0 Å². The summed E-state index contributed by atoms with van der Waals surface area (Å²) >= 11 is 6.12. The first-order chi connectivity index (χ1) is 10.7. The fraction of sp³-hybridized carbons (Fsp3) is 0.400. The number of benzene rings is 1. The predicted octanol–water partition coefficient (Wildman–Crippen LogP) is 2.47. The van der Waals surface area contributed by atoms with Crippen LogP contribution in [0.2, 0.25) is 0 Å². The van der Waals surface area contributed by atoms with Crippen molar-refractivity contribution < 1.29 is 14.3 Å². The zero-order valence-corrected chi connectivity index (χ0v) is 12.9. The van der Waals surface area contributed by atoms with Crippen LogP contribution in [0.15, 0.2) is 40.3 Å². The lowest BCUT2D eigenvalue weighted by atomic mass is 10.1. The molecule has 2 aliphatic rings. The van der Waals surface area contributed by atoms with Crippen LogP contribution in [0.1, 0.15) is 11.1 Å². The minimum absolute atomic E-state index is 0.418. The van der Waals surface area contributed by atoms with Crippen molar-refractivity contribution in [1.82, 2.24) is 4.90 Å². The first-order valence-electron chi connectivity index (χ1n) is 6.96. The molecule has 0 saturated heterocycles. The van der Waals surface area contributed by atoms with Gasteiger partial charge >= 0.3 is 0 Å². The molecule has 1 unspecified atom stereocenters. The van der Waals surface area contributed by atoms with E-state index in [1.807, 2.05) is 23.1 Å². The molecular formula is C15H16ClN3O3. The third-order valence-electron chi connectivity index (χ3n) is 3.64. The third kappa shape index (κ3) is 2.98. The van der Waals surface area contributed by atoms with Gasteiger partial charge in [0.05, 0.1) is 18.5 Å². The van der Waals surface area contributed by atoms with Gasteiger partial charge < -0.3 is 14.4 Å². The number of alkyl halides is 1. The molecule has 3 rings (SSSR count). The first-order valence-corrected chi connectivity index (χ1v) is 7.40. The quantitative estimate of drug-likeness (QED) is 0.617. The van der Waals surface area contributed by atoms with Crippen LogP contribution in [-0.2, 0) is 22.6 Å². The summed E-state index contributed by atoms with van der Waals surface area (Å²) in [5, 5.41) is 6.41. The molecule has 1 aromatic rings. The van der Waals surface area contributed by atoms with Crippen LogP contribution in [0.5, 0.6) is 5.75 Å². The molecule has 0 aliphatic carbocycles. The number of azo groups is 1. The van der Waals surface area contributed by atoms with Gasteiger partial charge in [-0.1, -0.05) is 6.07 Å². The number of hydrogen-bond donors (Lipinski definition) is 0. The van der Waals surface area contributed by atoms with Crippen LogP contribution in [0.25, 0.3) is 0 Å². The van der Waals surface area contributed by atoms with Crippen LogP contribution >= 0.6 is 11.6 Å². The number of halogens is 1. The van der Waals surface area contributed by atoms with E-state index >= 15 is 0 Å². The zero-order chi connectivity index (χ0) is 15.5. The number of carbonyl (C=O) groups is 1. The summed E-state index contributed by atoms with van der Waals surface area (Å²) < 4.78 is 10.6. The van der Waals surface area contributed by atoms with Crippen LogP contribution in [0, 0.1) is 0 Å². The summed E-state index contributed by atoms with van der Waals surface area (Å²) in [5.74, 6) is 0.396. The molecule has 7 heteroatoms. The highest BCUT2D eigenvalue weighted by molar-refractivity contribution is 6.33. The van der Waals surface area contributed by atoms with Crippen molar-refractivity contribution in [2.24, 2.45) is 10.2 Å². The average molecular weight is 322 g/mol. The Morgan fingerprint density at radius 2 is 2.14 bits per heavy atom. The van der Waals surface area contributed by atoms with Gasteiger partial charge in [0.1, 0.15) is 12.4 Å². The standard InChI is InChI=1S/C15H16ClN3O3/c1-21-4-5-22-12-3-2-10-8-19(9-11(10)6-12)13-7-17-18-15(20)14(13)16/h2-3,6-7,14H,4-5,8-9H2,1H3. The summed E-state index contributed by atoms with van der Waals surface area (Å²) in [5.41, 5.74) is 3.05. The number of fused-ring (bicyclic) bond motifs is 1. The fourth-order valence-corrected chi connectivity index (χ4v) is 2.75. The molecule has 0 bridgehead atoms. The highest BCUT2D eigenvalue weighted by atomic mass is 35.5. The summed E-state index contributed by atoms with van der Waals surface area (Å²) in [4.78, 5) is 13.6. The van der Waals surface area contributed by atoms with Crippen molar-refractivity contribution in [1.29, 1.82) is 0 Å². The first kappa shape index (κ1) is 15.0. The topological polar surface area (TPSA) is 63.5 Å². The van der Waals surface area contributed by atoms with Gasteiger partial charge in [0, 0.05) is 20.2 Å². The Hall–Kier alpha value is -1.92. The zero-order valence-electron chi connectivity index (χ0n) is 12.2. The number of amides is 1. The molecule has 0 spiro atoms. The van der Waals surface area contributed by atoms with Gasteiger partial charge in [0.2, 0.25) is 0 Å². The molecule has 1 aromatic carbocycles. The van der Waals surface area contributed by atoms with Gasteiger partial charge in [-0.3, -0.25) is 4.79 Å². The predicted molar refractivity (Wildman–Crippen MR) is 80.6 cm³/mol. The summed E-state index contributed by atoms with van der Waals surface area (Å²) in [6.07, 6.45) is 1.56. The molecule has 0 radical (unpaired) electrons. The Balaban J connectivity index is 1.71. The molecular weight excluding hydrogens is 306 g/mol. The molecule has 116 valence electrons. The number of ether oxygens (including phenoxy) is 2. The van der Waals surface area contributed by atoms with Crippen LogP contribution in [-0.4, -0.2) is 36.5 Å². The van der Waals surface area contributed by atoms with Gasteiger partial charge in [0.25, 0.3) is 5.91 Å². The van der Waals surface area contributed by atoms with E-state index in [0.29, 0.717) is 32.0 Å². The maximum absolute atomic E-state index is 11.5. The van der Waals surface area contributed by atoms with E-state index in [9.17, 15) is 4.79 Å². The second-order valence-electron chi connectivity index (χ2n) is 5.10. The summed E-state index contributed by atoms with van der Waals surface area (Å²) in [7, 11) is 1.64. The number of hydrogen-bond acceptors (Lipinski definition) is 5. The van der Waals surface area contributed by atoms with Crippen molar-refractivity contribution in [3.05, 3.63) is 41.2 Å². The molecule has 1 amide bonds. The Morgan fingerprint density at radius 1 is 1.32 bits per heavy atom. The van der Waals surface area contributed by atoms with E-state index in [4.69, 9.17) is 21.1 Å².